The molecule has 39 heavy (non-hydrogen) atoms. The van der Waals surface area contributed by atoms with E-state index in [0.717, 1.165) is 48.1 Å². The van der Waals surface area contributed by atoms with Gasteiger partial charge in [-0.05, 0) is 68.9 Å². The Morgan fingerprint density at radius 2 is 1.95 bits per heavy atom. The number of aryl methyl sites for hydroxylation is 1. The molecule has 2 N–H and O–H groups in total. The van der Waals surface area contributed by atoms with Crippen LogP contribution in [0.25, 0.3) is 11.0 Å². The number of anilines is 1. The summed E-state index contributed by atoms with van der Waals surface area (Å²) in [5, 5.41) is 15.9. The van der Waals surface area contributed by atoms with Crippen molar-refractivity contribution in [1.82, 2.24) is 15.1 Å². The molecule has 9 heteroatoms. The molecular weight excluding hydrogens is 492 g/mol. The first-order chi connectivity index (χ1) is 19.0. The van der Waals surface area contributed by atoms with Crippen molar-refractivity contribution in [1.29, 1.82) is 5.26 Å². The fourth-order valence-electron chi connectivity index (χ4n) is 5.52. The number of rotatable bonds is 5. The van der Waals surface area contributed by atoms with Gasteiger partial charge < -0.3 is 19.5 Å². The van der Waals surface area contributed by atoms with Gasteiger partial charge in [0.1, 0.15) is 17.4 Å². The molecule has 1 aromatic heterocycles. The summed E-state index contributed by atoms with van der Waals surface area (Å²) >= 11 is 0. The highest BCUT2D eigenvalue weighted by Gasteiger charge is 2.31. The Hall–Kier alpha value is -4.32. The van der Waals surface area contributed by atoms with Crippen LogP contribution < -0.4 is 10.6 Å². The second-order valence-corrected chi connectivity index (χ2v) is 10.3. The van der Waals surface area contributed by atoms with Crippen LogP contribution in [0.1, 0.15) is 49.3 Å². The molecule has 0 aliphatic carbocycles. The van der Waals surface area contributed by atoms with Gasteiger partial charge >= 0.3 is 0 Å². The van der Waals surface area contributed by atoms with Gasteiger partial charge in [-0.15, -0.1) is 0 Å². The van der Waals surface area contributed by atoms with Gasteiger partial charge in [0.25, 0.3) is 0 Å². The fourth-order valence-corrected chi connectivity index (χ4v) is 5.52. The lowest BCUT2D eigenvalue weighted by atomic mass is 9.90. The maximum absolute atomic E-state index is 13.5. The molecule has 2 saturated heterocycles. The van der Waals surface area contributed by atoms with Gasteiger partial charge in [0, 0.05) is 36.6 Å². The second-order valence-electron chi connectivity index (χ2n) is 10.3. The first-order valence-electron chi connectivity index (χ1n) is 13.6. The molecule has 2 fully saturated rings. The molecule has 0 saturated carbocycles. The van der Waals surface area contributed by atoms with Crippen molar-refractivity contribution in [2.24, 2.45) is 4.99 Å². The number of furan rings is 1. The Morgan fingerprint density at radius 1 is 1.10 bits per heavy atom. The van der Waals surface area contributed by atoms with Crippen molar-refractivity contribution in [3.05, 3.63) is 65.9 Å². The van der Waals surface area contributed by atoms with E-state index in [-0.39, 0.29) is 24.3 Å². The Morgan fingerprint density at radius 3 is 2.77 bits per heavy atom. The van der Waals surface area contributed by atoms with Crippen LogP contribution in [0.3, 0.4) is 0 Å². The number of amides is 2. The van der Waals surface area contributed by atoms with Crippen molar-refractivity contribution >= 4 is 34.4 Å². The van der Waals surface area contributed by atoms with Crippen molar-refractivity contribution < 1.29 is 14.0 Å². The highest BCUT2D eigenvalue weighted by atomic mass is 16.3. The molecule has 202 valence electrons. The van der Waals surface area contributed by atoms with Crippen LogP contribution in [0, 0.1) is 18.4 Å². The molecule has 0 bridgehead atoms. The van der Waals surface area contributed by atoms with Crippen LogP contribution >= 0.6 is 0 Å². The average molecular weight is 527 g/mol. The zero-order valence-electron chi connectivity index (χ0n) is 22.2. The molecule has 3 heterocycles. The standard InChI is InChI=1S/C30H34N6O3/c1-21-16-24-17-25(12-13-27(24)39-21)33-30(32-20-31)34-26-11-5-6-14-36(29(26)38)19-28(37)35-15-7-10-23(18-35)22-8-3-2-4-9-22/h2-4,8-9,12-13,16-17,23,26H,5-7,10-11,14-15,18-19H2,1H3,(H2,32,33,34)/t23?,26-/m0/s1. The number of nitrogens with zero attached hydrogens (tertiary/aromatic N) is 4. The van der Waals surface area contributed by atoms with Gasteiger partial charge in [-0.3, -0.25) is 14.9 Å². The minimum Gasteiger partial charge on any atom is -0.461 e. The highest BCUT2D eigenvalue weighted by Crippen LogP contribution is 2.27. The van der Waals surface area contributed by atoms with Gasteiger partial charge in [0.2, 0.25) is 17.8 Å². The molecule has 2 aromatic carbocycles. The van der Waals surface area contributed by atoms with E-state index in [1.165, 1.54) is 5.56 Å². The van der Waals surface area contributed by atoms with E-state index in [2.05, 4.69) is 27.8 Å². The number of benzene rings is 2. The van der Waals surface area contributed by atoms with E-state index in [0.29, 0.717) is 32.0 Å². The average Bonchev–Trinajstić information content (AvgIpc) is 3.24. The summed E-state index contributed by atoms with van der Waals surface area (Å²) in [6, 6.07) is 17.2. The van der Waals surface area contributed by atoms with Crippen molar-refractivity contribution in [3.63, 3.8) is 0 Å². The molecule has 2 atom stereocenters. The smallest absolute Gasteiger partial charge is 0.247 e. The molecule has 3 aromatic rings. The number of hydrogen-bond donors (Lipinski definition) is 2. The Bertz CT molecular complexity index is 1390. The maximum Gasteiger partial charge on any atom is 0.247 e. The number of carbonyl (C=O) groups excluding carboxylic acids is 2. The molecular formula is C30H34N6O3. The molecule has 2 aliphatic heterocycles. The van der Waals surface area contributed by atoms with E-state index in [9.17, 15) is 14.9 Å². The number of nitrogens with one attached hydrogen (secondary N) is 2. The van der Waals surface area contributed by atoms with Gasteiger partial charge in [0.05, 0.1) is 6.54 Å². The summed E-state index contributed by atoms with van der Waals surface area (Å²) in [5.74, 6) is 1.12. The minimum atomic E-state index is -0.679. The summed E-state index contributed by atoms with van der Waals surface area (Å²) < 4.78 is 5.63. The summed E-state index contributed by atoms with van der Waals surface area (Å²) in [6.45, 7) is 3.85. The van der Waals surface area contributed by atoms with Crippen molar-refractivity contribution in [3.8, 4) is 6.19 Å². The van der Waals surface area contributed by atoms with E-state index in [1.807, 2.05) is 60.5 Å². The Labute approximate surface area is 228 Å². The molecule has 2 amide bonds. The van der Waals surface area contributed by atoms with E-state index >= 15 is 0 Å². The largest absolute Gasteiger partial charge is 0.461 e. The predicted molar refractivity (Wildman–Crippen MR) is 150 cm³/mol. The quantitative estimate of drug-likeness (QED) is 0.221. The van der Waals surface area contributed by atoms with E-state index in [1.54, 1.807) is 4.90 Å². The zero-order chi connectivity index (χ0) is 27.2. The number of likely N-dealkylation sites (tertiary alicyclic amines) is 2. The summed E-state index contributed by atoms with van der Waals surface area (Å²) in [6.07, 6.45) is 6.09. The Kier molecular flexibility index (Phi) is 8.11. The van der Waals surface area contributed by atoms with Crippen LogP contribution in [-0.2, 0) is 9.59 Å². The topological polar surface area (TPSA) is 114 Å². The predicted octanol–water partition coefficient (Wildman–Crippen LogP) is 4.37. The van der Waals surface area contributed by atoms with Gasteiger partial charge in [-0.1, -0.05) is 30.3 Å². The number of fused-ring (bicyclic) bond motifs is 1. The number of aliphatic imine (C=N–C) groups is 1. The van der Waals surface area contributed by atoms with Crippen LogP contribution in [0.5, 0.6) is 0 Å². The fraction of sp³-hybridized carbons (Fsp3) is 0.400. The number of guanidine groups is 1. The molecule has 1 unspecified atom stereocenters. The van der Waals surface area contributed by atoms with Crippen LogP contribution in [0.15, 0.2) is 64.0 Å². The van der Waals surface area contributed by atoms with Crippen molar-refractivity contribution in [2.75, 3.05) is 31.5 Å². The first kappa shape index (κ1) is 26.3. The lowest BCUT2D eigenvalue weighted by Crippen LogP contribution is -2.48. The monoisotopic (exact) mass is 526 g/mol. The molecule has 5 rings (SSSR count). The van der Waals surface area contributed by atoms with Gasteiger partial charge in [0.15, 0.2) is 6.19 Å². The van der Waals surface area contributed by atoms with Crippen LogP contribution in [0.4, 0.5) is 5.69 Å². The second kappa shape index (κ2) is 12.0. The maximum atomic E-state index is 13.5. The van der Waals surface area contributed by atoms with Crippen LogP contribution in [-0.4, -0.2) is 59.8 Å². The molecule has 0 spiro atoms. The van der Waals surface area contributed by atoms with Gasteiger partial charge in [-0.2, -0.15) is 5.26 Å². The molecule has 2 aliphatic rings. The zero-order valence-corrected chi connectivity index (χ0v) is 22.2. The first-order valence-corrected chi connectivity index (χ1v) is 13.6. The molecule has 0 radical (unpaired) electrons. The minimum absolute atomic E-state index is 0.0224. The normalized spacial score (nSPS) is 20.4. The number of piperidine rings is 1. The lowest BCUT2D eigenvalue weighted by molar-refractivity contribution is -0.141. The van der Waals surface area contributed by atoms with Crippen molar-refractivity contribution in [2.45, 2.75) is 51.0 Å². The third kappa shape index (κ3) is 6.40. The Balaban J connectivity index is 1.26. The SMILES string of the molecule is Cc1cc2cc(NC(=N[C@H]3CCCCN(CC(=O)N4CCCC(c5ccccc5)C4)C3=O)NC#N)ccc2o1. The summed E-state index contributed by atoms with van der Waals surface area (Å²) in [7, 11) is 0. The highest BCUT2D eigenvalue weighted by molar-refractivity contribution is 5.98. The summed E-state index contributed by atoms with van der Waals surface area (Å²) in [5.41, 5.74) is 2.74. The number of carbonyl (C=O) groups is 2. The lowest BCUT2D eigenvalue weighted by Gasteiger charge is -2.34. The number of hydrogen-bond acceptors (Lipinski definition) is 5. The molecule has 9 nitrogen and oxygen atoms in total. The third-order valence-electron chi connectivity index (χ3n) is 7.48. The van der Waals surface area contributed by atoms with E-state index in [4.69, 9.17) is 4.42 Å². The summed E-state index contributed by atoms with van der Waals surface area (Å²) in [4.78, 5) is 35.0. The third-order valence-corrected chi connectivity index (χ3v) is 7.48. The van der Waals surface area contributed by atoms with Gasteiger partial charge in [-0.25, -0.2) is 4.99 Å². The van der Waals surface area contributed by atoms with E-state index < -0.39 is 6.04 Å². The number of nitriles is 1. The van der Waals surface area contributed by atoms with Crippen LogP contribution in [0.2, 0.25) is 0 Å².